The highest BCUT2D eigenvalue weighted by Gasteiger charge is 2.13. The molecule has 4 aromatic carbocycles. The summed E-state index contributed by atoms with van der Waals surface area (Å²) in [4.78, 5) is 37.3. The first-order valence-corrected chi connectivity index (χ1v) is 11.7. The second kappa shape index (κ2) is 12.0. The zero-order chi connectivity index (χ0) is 26.2. The zero-order valence-electron chi connectivity index (χ0n) is 19.2. The molecule has 0 aliphatic heterocycles. The van der Waals surface area contributed by atoms with Crippen LogP contribution in [-0.2, 0) is 0 Å². The first-order chi connectivity index (χ1) is 17.9. The molecule has 4 aromatic rings. The maximum absolute atomic E-state index is 12.5. The predicted octanol–water partition coefficient (Wildman–Crippen LogP) is 6.23. The van der Waals surface area contributed by atoms with Crippen molar-refractivity contribution in [1.82, 2.24) is 5.43 Å². The van der Waals surface area contributed by atoms with E-state index in [2.05, 4.69) is 15.8 Å². The van der Waals surface area contributed by atoms with Crippen molar-refractivity contribution in [3.63, 3.8) is 0 Å². The van der Waals surface area contributed by atoms with Crippen LogP contribution in [0.5, 0.6) is 5.75 Å². The van der Waals surface area contributed by atoms with E-state index >= 15 is 0 Å². The van der Waals surface area contributed by atoms with Gasteiger partial charge in [-0.15, -0.1) is 0 Å². The van der Waals surface area contributed by atoms with Gasteiger partial charge in [-0.05, 0) is 66.7 Å². The van der Waals surface area contributed by atoms with Crippen molar-refractivity contribution in [1.29, 1.82) is 0 Å². The Hall–Kier alpha value is -4.46. The maximum atomic E-state index is 12.5. The lowest BCUT2D eigenvalue weighted by atomic mass is 10.1. The van der Waals surface area contributed by atoms with E-state index in [-0.39, 0.29) is 10.6 Å². The monoisotopic (exact) mass is 531 g/mol. The van der Waals surface area contributed by atoms with Crippen LogP contribution in [0.3, 0.4) is 0 Å². The largest absolute Gasteiger partial charge is 0.422 e. The highest BCUT2D eigenvalue weighted by atomic mass is 35.5. The van der Waals surface area contributed by atoms with Crippen molar-refractivity contribution < 1.29 is 19.1 Å². The number of esters is 1. The number of carbonyl (C=O) groups is 3. The van der Waals surface area contributed by atoms with Gasteiger partial charge >= 0.3 is 5.97 Å². The molecule has 0 saturated heterocycles. The Balaban J connectivity index is 1.36. The van der Waals surface area contributed by atoms with Crippen molar-refractivity contribution in [2.75, 3.05) is 5.32 Å². The fourth-order valence-electron chi connectivity index (χ4n) is 3.22. The number of carbonyl (C=O) groups excluding carboxylic acids is 3. The Morgan fingerprint density at radius 2 is 1.46 bits per heavy atom. The maximum Gasteiger partial charge on any atom is 0.343 e. The van der Waals surface area contributed by atoms with E-state index in [1.807, 2.05) is 0 Å². The van der Waals surface area contributed by atoms with Crippen molar-refractivity contribution in [2.24, 2.45) is 5.10 Å². The first kappa shape index (κ1) is 25.6. The molecule has 184 valence electrons. The molecular formula is C28H19Cl2N3O4. The topological polar surface area (TPSA) is 96.9 Å². The van der Waals surface area contributed by atoms with Gasteiger partial charge in [0.1, 0.15) is 5.75 Å². The Bertz CT molecular complexity index is 1470. The minimum atomic E-state index is -0.504. The number of benzene rings is 4. The molecule has 0 saturated carbocycles. The van der Waals surface area contributed by atoms with Gasteiger partial charge in [-0.2, -0.15) is 5.10 Å². The normalized spacial score (nSPS) is 10.6. The summed E-state index contributed by atoms with van der Waals surface area (Å²) in [7, 11) is 0. The summed E-state index contributed by atoms with van der Waals surface area (Å²) in [5.74, 6) is -1.07. The van der Waals surface area contributed by atoms with Gasteiger partial charge in [-0.3, -0.25) is 9.59 Å². The summed E-state index contributed by atoms with van der Waals surface area (Å²) in [6.07, 6.45) is 1.38. The summed E-state index contributed by atoms with van der Waals surface area (Å²) in [5.41, 5.74) is 4.43. The van der Waals surface area contributed by atoms with Crippen molar-refractivity contribution in [3.8, 4) is 5.75 Å². The molecule has 0 bridgehead atoms. The van der Waals surface area contributed by atoms with Gasteiger partial charge in [-0.1, -0.05) is 53.5 Å². The van der Waals surface area contributed by atoms with Crippen LogP contribution in [0.15, 0.2) is 102 Å². The number of halogens is 2. The molecule has 0 spiro atoms. The number of amides is 2. The van der Waals surface area contributed by atoms with Crippen LogP contribution in [0.1, 0.15) is 36.6 Å². The highest BCUT2D eigenvalue weighted by Crippen LogP contribution is 2.22. The lowest BCUT2D eigenvalue weighted by molar-refractivity contribution is 0.0734. The van der Waals surface area contributed by atoms with Crippen LogP contribution in [0.4, 0.5) is 5.69 Å². The van der Waals surface area contributed by atoms with Gasteiger partial charge in [0, 0.05) is 21.8 Å². The third-order valence-electron chi connectivity index (χ3n) is 5.08. The molecular weight excluding hydrogens is 513 g/mol. The second-order valence-corrected chi connectivity index (χ2v) is 8.49. The molecule has 37 heavy (non-hydrogen) atoms. The van der Waals surface area contributed by atoms with Gasteiger partial charge in [-0.25, -0.2) is 10.2 Å². The SMILES string of the molecule is O=C(N/N=C\c1ccccc1OC(=O)c1ccccc1)c1ccc(NC(=O)c2ccc(Cl)cc2Cl)cc1. The lowest BCUT2D eigenvalue weighted by Crippen LogP contribution is -2.18. The Morgan fingerprint density at radius 3 is 2.19 bits per heavy atom. The summed E-state index contributed by atoms with van der Waals surface area (Å²) in [6, 6.07) is 26.3. The van der Waals surface area contributed by atoms with E-state index in [1.54, 1.807) is 84.9 Å². The smallest absolute Gasteiger partial charge is 0.343 e. The summed E-state index contributed by atoms with van der Waals surface area (Å²) >= 11 is 11.9. The zero-order valence-corrected chi connectivity index (χ0v) is 20.7. The number of hydrazone groups is 1. The van der Waals surface area contributed by atoms with Gasteiger partial charge in [0.25, 0.3) is 11.8 Å². The highest BCUT2D eigenvalue weighted by molar-refractivity contribution is 6.37. The van der Waals surface area contributed by atoms with Crippen LogP contribution in [0.2, 0.25) is 10.0 Å². The number of nitrogens with one attached hydrogen (secondary N) is 2. The van der Waals surface area contributed by atoms with Crippen molar-refractivity contribution >= 4 is 52.9 Å². The second-order valence-electron chi connectivity index (χ2n) is 7.65. The van der Waals surface area contributed by atoms with Gasteiger partial charge in [0.2, 0.25) is 0 Å². The fraction of sp³-hybridized carbons (Fsp3) is 0. The molecule has 0 unspecified atom stereocenters. The molecule has 7 nitrogen and oxygen atoms in total. The predicted molar refractivity (Wildman–Crippen MR) is 144 cm³/mol. The number of hydrogen-bond donors (Lipinski definition) is 2. The number of nitrogens with zero attached hydrogens (tertiary/aromatic N) is 1. The molecule has 0 atom stereocenters. The Labute approximate surface area is 222 Å². The van der Waals surface area contributed by atoms with Gasteiger partial charge < -0.3 is 10.1 Å². The van der Waals surface area contributed by atoms with E-state index in [1.165, 1.54) is 18.3 Å². The minimum Gasteiger partial charge on any atom is -0.422 e. The summed E-state index contributed by atoms with van der Waals surface area (Å²) in [6.45, 7) is 0. The minimum absolute atomic E-state index is 0.232. The number of para-hydroxylation sites is 1. The number of anilines is 1. The Morgan fingerprint density at radius 1 is 0.757 bits per heavy atom. The number of ether oxygens (including phenoxy) is 1. The standard InChI is InChI=1S/C28H19Cl2N3O4/c29-21-12-15-23(24(30)16-21)27(35)32-22-13-10-18(11-14-22)26(34)33-31-17-20-8-4-5-9-25(20)37-28(36)19-6-2-1-3-7-19/h1-17H,(H,32,35)(H,33,34)/b31-17-. The molecule has 0 aliphatic rings. The molecule has 2 amide bonds. The van der Waals surface area contributed by atoms with E-state index in [9.17, 15) is 14.4 Å². The quantitative estimate of drug-likeness (QED) is 0.128. The molecule has 0 heterocycles. The fourth-order valence-corrected chi connectivity index (χ4v) is 3.71. The lowest BCUT2D eigenvalue weighted by Gasteiger charge is -2.08. The third kappa shape index (κ3) is 6.82. The average Bonchev–Trinajstić information content (AvgIpc) is 2.90. The van der Waals surface area contributed by atoms with Crippen molar-refractivity contribution in [3.05, 3.63) is 129 Å². The number of hydrogen-bond acceptors (Lipinski definition) is 5. The molecule has 0 aromatic heterocycles. The van der Waals surface area contributed by atoms with Crippen LogP contribution in [-0.4, -0.2) is 24.0 Å². The van der Waals surface area contributed by atoms with Crippen LogP contribution < -0.4 is 15.5 Å². The van der Waals surface area contributed by atoms with Crippen molar-refractivity contribution in [2.45, 2.75) is 0 Å². The van der Waals surface area contributed by atoms with E-state index in [4.69, 9.17) is 27.9 Å². The molecule has 9 heteroatoms. The Kier molecular flexibility index (Phi) is 8.30. The van der Waals surface area contributed by atoms with Crippen LogP contribution in [0, 0.1) is 0 Å². The molecule has 4 rings (SSSR count). The molecule has 0 radical (unpaired) electrons. The van der Waals surface area contributed by atoms with Gasteiger partial charge in [0.05, 0.1) is 22.4 Å². The third-order valence-corrected chi connectivity index (χ3v) is 5.63. The molecule has 2 N–H and O–H groups in total. The molecule has 0 aliphatic carbocycles. The number of rotatable bonds is 7. The summed E-state index contributed by atoms with van der Waals surface area (Å²) < 4.78 is 5.47. The summed E-state index contributed by atoms with van der Waals surface area (Å²) in [5, 5.41) is 7.35. The van der Waals surface area contributed by atoms with Gasteiger partial charge in [0.15, 0.2) is 0 Å². The van der Waals surface area contributed by atoms with Crippen LogP contribution in [0.25, 0.3) is 0 Å². The molecule has 0 fully saturated rings. The van der Waals surface area contributed by atoms with E-state index < -0.39 is 17.8 Å². The van der Waals surface area contributed by atoms with E-state index in [0.29, 0.717) is 33.1 Å². The first-order valence-electron chi connectivity index (χ1n) is 11.0. The van der Waals surface area contributed by atoms with Crippen LogP contribution >= 0.6 is 23.2 Å². The average molecular weight is 532 g/mol. The van der Waals surface area contributed by atoms with E-state index in [0.717, 1.165) is 0 Å².